The first-order valence-corrected chi connectivity index (χ1v) is 6.04. The molecule has 1 aromatic carbocycles. The first-order valence-electron chi connectivity index (χ1n) is 6.04. The zero-order chi connectivity index (χ0) is 14.3. The third-order valence-electron chi connectivity index (χ3n) is 2.99. The second-order valence-electron chi connectivity index (χ2n) is 4.26. The highest BCUT2D eigenvalue weighted by Crippen LogP contribution is 2.17. The van der Waals surface area contributed by atoms with Crippen LogP contribution < -0.4 is 15.4 Å². The second-order valence-corrected chi connectivity index (χ2v) is 4.26. The number of carbonyl (C=O) groups is 1. The standard InChI is InChI=1S/C13H20N2O4/c1-3-13(8-16,9-17)15-12(18)14-10-5-4-6-11(7-10)19-2/h4-7,16-17H,3,8-9H2,1-2H3,(H2,14,15,18). The summed E-state index contributed by atoms with van der Waals surface area (Å²) in [5.74, 6) is 0.629. The number of carbonyl (C=O) groups excluding carboxylic acids is 1. The number of methoxy groups -OCH3 is 1. The lowest BCUT2D eigenvalue weighted by Gasteiger charge is -2.29. The minimum Gasteiger partial charge on any atom is -0.497 e. The maximum Gasteiger partial charge on any atom is 0.319 e. The zero-order valence-corrected chi connectivity index (χ0v) is 11.1. The molecule has 0 saturated heterocycles. The first kappa shape index (κ1) is 15.3. The van der Waals surface area contributed by atoms with Gasteiger partial charge in [-0.3, -0.25) is 0 Å². The van der Waals surface area contributed by atoms with E-state index in [1.165, 1.54) is 0 Å². The van der Waals surface area contributed by atoms with Gasteiger partial charge in [-0.2, -0.15) is 0 Å². The highest BCUT2D eigenvalue weighted by atomic mass is 16.5. The Morgan fingerprint density at radius 2 is 2.05 bits per heavy atom. The van der Waals surface area contributed by atoms with E-state index in [2.05, 4.69) is 10.6 Å². The number of nitrogens with one attached hydrogen (secondary N) is 2. The molecule has 0 heterocycles. The lowest BCUT2D eigenvalue weighted by molar-refractivity contribution is 0.0955. The van der Waals surface area contributed by atoms with E-state index in [-0.39, 0.29) is 13.2 Å². The van der Waals surface area contributed by atoms with Crippen molar-refractivity contribution >= 4 is 11.7 Å². The smallest absolute Gasteiger partial charge is 0.319 e. The molecule has 0 bridgehead atoms. The Hall–Kier alpha value is -1.79. The Morgan fingerprint density at radius 1 is 1.37 bits per heavy atom. The molecule has 1 aromatic rings. The van der Waals surface area contributed by atoms with Gasteiger partial charge in [-0.15, -0.1) is 0 Å². The van der Waals surface area contributed by atoms with Crippen molar-refractivity contribution in [3.8, 4) is 5.75 Å². The van der Waals surface area contributed by atoms with Gasteiger partial charge in [0.05, 0.1) is 25.9 Å². The maximum absolute atomic E-state index is 11.8. The average Bonchev–Trinajstić information content (AvgIpc) is 2.45. The van der Waals surface area contributed by atoms with Crippen molar-refractivity contribution in [2.75, 3.05) is 25.6 Å². The summed E-state index contributed by atoms with van der Waals surface area (Å²) in [6, 6.07) is 6.41. The van der Waals surface area contributed by atoms with Gasteiger partial charge < -0.3 is 25.6 Å². The Labute approximate surface area is 112 Å². The monoisotopic (exact) mass is 268 g/mol. The van der Waals surface area contributed by atoms with E-state index in [1.54, 1.807) is 38.3 Å². The largest absolute Gasteiger partial charge is 0.497 e. The number of aliphatic hydroxyl groups is 2. The number of urea groups is 1. The summed E-state index contributed by atoms with van der Waals surface area (Å²) in [5.41, 5.74) is -0.444. The summed E-state index contributed by atoms with van der Waals surface area (Å²) < 4.78 is 5.05. The molecule has 0 spiro atoms. The molecule has 4 N–H and O–H groups in total. The number of hydrogen-bond donors (Lipinski definition) is 4. The number of rotatable bonds is 6. The van der Waals surface area contributed by atoms with E-state index in [0.29, 0.717) is 17.9 Å². The fourth-order valence-electron chi connectivity index (χ4n) is 1.55. The van der Waals surface area contributed by atoms with E-state index in [4.69, 9.17) is 4.74 Å². The summed E-state index contributed by atoms with van der Waals surface area (Å²) in [5, 5.41) is 23.7. The molecule has 6 nitrogen and oxygen atoms in total. The molecule has 0 aliphatic carbocycles. The van der Waals surface area contributed by atoms with E-state index in [0.717, 1.165) is 0 Å². The molecule has 2 amide bonds. The van der Waals surface area contributed by atoms with Crippen LogP contribution in [0.5, 0.6) is 5.75 Å². The van der Waals surface area contributed by atoms with Crippen LogP contribution in [-0.2, 0) is 0 Å². The minimum absolute atomic E-state index is 0.328. The summed E-state index contributed by atoms with van der Waals surface area (Å²) in [7, 11) is 1.54. The molecule has 0 radical (unpaired) electrons. The maximum atomic E-state index is 11.8. The molecule has 0 aliphatic heterocycles. The Morgan fingerprint density at radius 3 is 2.58 bits per heavy atom. The van der Waals surface area contributed by atoms with Crippen LogP contribution in [0.3, 0.4) is 0 Å². The molecule has 6 heteroatoms. The van der Waals surface area contributed by atoms with E-state index < -0.39 is 11.6 Å². The molecule has 1 rings (SSSR count). The average molecular weight is 268 g/mol. The number of benzene rings is 1. The third kappa shape index (κ3) is 4.11. The van der Waals surface area contributed by atoms with Gasteiger partial charge in [-0.1, -0.05) is 13.0 Å². The van der Waals surface area contributed by atoms with Crippen LogP contribution in [0, 0.1) is 0 Å². The SMILES string of the molecule is CCC(CO)(CO)NC(=O)Nc1cccc(OC)c1. The molecule has 0 fully saturated rings. The van der Waals surface area contributed by atoms with Crippen LogP contribution in [0.4, 0.5) is 10.5 Å². The van der Waals surface area contributed by atoms with Crippen LogP contribution >= 0.6 is 0 Å². The lowest BCUT2D eigenvalue weighted by atomic mass is 9.99. The molecule has 106 valence electrons. The molecular formula is C13H20N2O4. The number of hydrogen-bond acceptors (Lipinski definition) is 4. The van der Waals surface area contributed by atoms with Crippen LogP contribution in [0.2, 0.25) is 0 Å². The topological polar surface area (TPSA) is 90.8 Å². The number of anilines is 1. The van der Waals surface area contributed by atoms with Crippen LogP contribution in [0.1, 0.15) is 13.3 Å². The zero-order valence-electron chi connectivity index (χ0n) is 11.1. The minimum atomic E-state index is -1.01. The third-order valence-corrected chi connectivity index (χ3v) is 2.99. The van der Waals surface area contributed by atoms with Crippen molar-refractivity contribution in [1.82, 2.24) is 5.32 Å². The van der Waals surface area contributed by atoms with Gasteiger partial charge in [0, 0.05) is 11.8 Å². The summed E-state index contributed by atoms with van der Waals surface area (Å²) in [4.78, 5) is 11.8. The predicted octanol–water partition coefficient (Wildman–Crippen LogP) is 0.950. The van der Waals surface area contributed by atoms with Crippen LogP contribution in [0.15, 0.2) is 24.3 Å². The van der Waals surface area contributed by atoms with E-state index in [1.807, 2.05) is 0 Å². The van der Waals surface area contributed by atoms with E-state index in [9.17, 15) is 15.0 Å². The Bertz CT molecular complexity index is 411. The fourth-order valence-corrected chi connectivity index (χ4v) is 1.55. The van der Waals surface area contributed by atoms with Crippen molar-refractivity contribution in [2.45, 2.75) is 18.9 Å². The molecule has 0 aromatic heterocycles. The Kier molecular flexibility index (Phi) is 5.59. The Balaban J connectivity index is 2.68. The van der Waals surface area contributed by atoms with Crippen molar-refractivity contribution in [3.05, 3.63) is 24.3 Å². The van der Waals surface area contributed by atoms with Gasteiger partial charge in [0.2, 0.25) is 0 Å². The second kappa shape index (κ2) is 6.96. The van der Waals surface area contributed by atoms with Crippen molar-refractivity contribution in [3.63, 3.8) is 0 Å². The van der Waals surface area contributed by atoms with Gasteiger partial charge in [-0.05, 0) is 18.6 Å². The van der Waals surface area contributed by atoms with Crippen molar-refractivity contribution in [2.24, 2.45) is 0 Å². The molecular weight excluding hydrogens is 248 g/mol. The molecule has 0 saturated carbocycles. The lowest BCUT2D eigenvalue weighted by Crippen LogP contribution is -2.55. The van der Waals surface area contributed by atoms with Gasteiger partial charge in [0.1, 0.15) is 5.75 Å². The summed E-state index contributed by atoms with van der Waals surface area (Å²) >= 11 is 0. The van der Waals surface area contributed by atoms with Crippen LogP contribution in [-0.4, -0.2) is 42.1 Å². The molecule has 0 atom stereocenters. The highest BCUT2D eigenvalue weighted by molar-refractivity contribution is 5.90. The normalized spacial score (nSPS) is 10.9. The quantitative estimate of drug-likeness (QED) is 0.618. The molecule has 19 heavy (non-hydrogen) atoms. The first-order chi connectivity index (χ1) is 9.09. The number of amides is 2. The van der Waals surface area contributed by atoms with E-state index >= 15 is 0 Å². The molecule has 0 aliphatic rings. The highest BCUT2D eigenvalue weighted by Gasteiger charge is 2.28. The predicted molar refractivity (Wildman–Crippen MR) is 72.3 cm³/mol. The van der Waals surface area contributed by atoms with Gasteiger partial charge in [0.15, 0.2) is 0 Å². The van der Waals surface area contributed by atoms with Gasteiger partial charge in [0.25, 0.3) is 0 Å². The van der Waals surface area contributed by atoms with Crippen molar-refractivity contribution < 1.29 is 19.7 Å². The van der Waals surface area contributed by atoms with Gasteiger partial charge in [-0.25, -0.2) is 4.79 Å². The summed E-state index contributed by atoms with van der Waals surface area (Å²) in [6.45, 7) is 1.12. The van der Waals surface area contributed by atoms with Crippen LogP contribution in [0.25, 0.3) is 0 Å². The molecule has 0 unspecified atom stereocenters. The van der Waals surface area contributed by atoms with Crippen molar-refractivity contribution in [1.29, 1.82) is 0 Å². The fraction of sp³-hybridized carbons (Fsp3) is 0.462. The number of aliphatic hydroxyl groups excluding tert-OH is 2. The van der Waals surface area contributed by atoms with Gasteiger partial charge >= 0.3 is 6.03 Å². The summed E-state index contributed by atoms with van der Waals surface area (Å²) in [6.07, 6.45) is 0.422. The number of ether oxygens (including phenoxy) is 1.